The molecule has 0 radical (unpaired) electrons. The summed E-state index contributed by atoms with van der Waals surface area (Å²) in [6.07, 6.45) is 0.735. The summed E-state index contributed by atoms with van der Waals surface area (Å²) in [5.41, 5.74) is 3.94. The van der Waals surface area contributed by atoms with Crippen LogP contribution in [0.15, 0.2) is 91.0 Å². The lowest BCUT2D eigenvalue weighted by Gasteiger charge is -2.36. The molecule has 0 aliphatic carbocycles. The van der Waals surface area contributed by atoms with Crippen molar-refractivity contribution < 1.29 is 4.74 Å². The molecule has 3 aromatic rings. The van der Waals surface area contributed by atoms with Gasteiger partial charge in [0, 0.05) is 7.11 Å². The Morgan fingerprint density at radius 1 is 0.652 bits per heavy atom. The summed E-state index contributed by atoms with van der Waals surface area (Å²) in [5.74, 6) is 0. The summed E-state index contributed by atoms with van der Waals surface area (Å²) in [6.45, 7) is 0. The van der Waals surface area contributed by atoms with E-state index in [2.05, 4.69) is 91.0 Å². The number of hydrogen-bond donors (Lipinski definition) is 0. The van der Waals surface area contributed by atoms with E-state index in [1.54, 1.807) is 7.11 Å². The van der Waals surface area contributed by atoms with Crippen LogP contribution in [0.1, 0.15) is 16.7 Å². The Bertz CT molecular complexity index is 614. The van der Waals surface area contributed by atoms with Gasteiger partial charge in [0.15, 0.2) is 0 Å². The smallest absolute Gasteiger partial charge is 0.0642 e. The average Bonchev–Trinajstić information content (AvgIpc) is 2.65. The highest BCUT2D eigenvalue weighted by Gasteiger charge is 2.35. The van der Waals surface area contributed by atoms with Crippen LogP contribution >= 0.6 is 8.58 Å². The normalized spacial score (nSPS) is 11.9. The van der Waals surface area contributed by atoms with Gasteiger partial charge in [0.25, 0.3) is 0 Å². The molecule has 3 rings (SSSR count). The summed E-state index contributed by atoms with van der Waals surface area (Å²) in [7, 11) is 2.38. The van der Waals surface area contributed by atoms with Crippen molar-refractivity contribution >= 4 is 8.58 Å². The quantitative estimate of drug-likeness (QED) is 0.444. The van der Waals surface area contributed by atoms with Crippen LogP contribution in [0.3, 0.4) is 0 Å². The summed E-state index contributed by atoms with van der Waals surface area (Å²) in [5, 5.41) is -0.167. The molecule has 0 N–H and O–H groups in total. The first-order valence-electron chi connectivity index (χ1n) is 7.78. The van der Waals surface area contributed by atoms with Crippen LogP contribution in [0.5, 0.6) is 0 Å². The molecule has 1 nitrogen and oxygen atoms in total. The first-order chi connectivity index (χ1) is 11.4. The number of benzene rings is 3. The fourth-order valence-corrected chi connectivity index (χ4v) is 4.52. The monoisotopic (exact) mass is 320 g/mol. The Labute approximate surface area is 140 Å². The minimum Gasteiger partial charge on any atom is -0.380 e. The van der Waals surface area contributed by atoms with Crippen LogP contribution in [0, 0.1) is 0 Å². The van der Waals surface area contributed by atoms with Crippen LogP contribution in [0.4, 0.5) is 0 Å². The van der Waals surface area contributed by atoms with Gasteiger partial charge in [-0.05, 0) is 16.7 Å². The maximum atomic E-state index is 5.47. The number of methoxy groups -OCH3 is 1. The van der Waals surface area contributed by atoms with Gasteiger partial charge in [-0.15, -0.1) is 0 Å². The Morgan fingerprint density at radius 2 is 1.00 bits per heavy atom. The van der Waals surface area contributed by atoms with Gasteiger partial charge in [-0.2, -0.15) is 0 Å². The zero-order valence-electron chi connectivity index (χ0n) is 13.3. The first kappa shape index (κ1) is 15.9. The van der Waals surface area contributed by atoms with Crippen LogP contribution in [-0.2, 0) is 9.89 Å². The molecule has 0 aromatic heterocycles. The lowest BCUT2D eigenvalue weighted by atomic mass is 9.84. The van der Waals surface area contributed by atoms with Gasteiger partial charge in [0.05, 0.1) is 11.5 Å². The molecule has 0 amide bonds. The Morgan fingerprint density at radius 3 is 1.30 bits per heavy atom. The molecule has 0 spiro atoms. The minimum absolute atomic E-state index is 0.167. The SMILES string of the molecule is COCPC(c1ccccc1)(c1ccccc1)c1ccccc1. The van der Waals surface area contributed by atoms with Crippen LogP contribution < -0.4 is 0 Å². The predicted octanol–water partition coefficient (Wildman–Crippen LogP) is 5.26. The van der Waals surface area contributed by atoms with E-state index in [4.69, 9.17) is 4.74 Å². The summed E-state index contributed by atoms with van der Waals surface area (Å²) in [6, 6.07) is 32.3. The van der Waals surface area contributed by atoms with Gasteiger partial charge in [-0.25, -0.2) is 0 Å². The average molecular weight is 320 g/mol. The van der Waals surface area contributed by atoms with Crippen molar-refractivity contribution in [1.82, 2.24) is 0 Å². The Kier molecular flexibility index (Phi) is 5.23. The summed E-state index contributed by atoms with van der Waals surface area (Å²) >= 11 is 0. The maximum Gasteiger partial charge on any atom is 0.0642 e. The van der Waals surface area contributed by atoms with E-state index in [1.165, 1.54) is 16.7 Å². The van der Waals surface area contributed by atoms with Gasteiger partial charge in [-0.1, -0.05) is 99.6 Å². The third kappa shape index (κ3) is 3.22. The molecule has 0 saturated carbocycles. The van der Waals surface area contributed by atoms with Crippen molar-refractivity contribution in [2.45, 2.75) is 5.16 Å². The van der Waals surface area contributed by atoms with E-state index in [9.17, 15) is 0 Å². The molecule has 0 bridgehead atoms. The maximum absolute atomic E-state index is 5.47. The lowest BCUT2D eigenvalue weighted by molar-refractivity contribution is 0.255. The molecule has 23 heavy (non-hydrogen) atoms. The lowest BCUT2D eigenvalue weighted by Crippen LogP contribution is -2.24. The van der Waals surface area contributed by atoms with Gasteiger partial charge in [0.1, 0.15) is 0 Å². The van der Waals surface area contributed by atoms with Crippen molar-refractivity contribution in [1.29, 1.82) is 0 Å². The zero-order valence-corrected chi connectivity index (χ0v) is 14.3. The second-order valence-corrected chi connectivity index (χ2v) is 6.85. The van der Waals surface area contributed by atoms with Crippen molar-refractivity contribution in [3.8, 4) is 0 Å². The number of rotatable bonds is 6. The molecule has 0 fully saturated rings. The molecule has 0 saturated heterocycles. The van der Waals surface area contributed by atoms with E-state index in [1.807, 2.05) is 0 Å². The summed E-state index contributed by atoms with van der Waals surface area (Å²) in [4.78, 5) is 0. The topological polar surface area (TPSA) is 9.23 Å². The molecular formula is C21H21OP. The molecule has 0 heterocycles. The Balaban J connectivity index is 2.25. The van der Waals surface area contributed by atoms with E-state index < -0.39 is 0 Å². The van der Waals surface area contributed by atoms with Crippen molar-refractivity contribution in [3.05, 3.63) is 108 Å². The zero-order chi connectivity index (χ0) is 16.0. The predicted molar refractivity (Wildman–Crippen MR) is 99.4 cm³/mol. The van der Waals surface area contributed by atoms with Crippen molar-refractivity contribution in [2.24, 2.45) is 0 Å². The highest BCUT2D eigenvalue weighted by Crippen LogP contribution is 2.52. The van der Waals surface area contributed by atoms with E-state index >= 15 is 0 Å². The summed E-state index contributed by atoms with van der Waals surface area (Å²) < 4.78 is 5.47. The first-order valence-corrected chi connectivity index (χ1v) is 8.99. The molecule has 3 aromatic carbocycles. The highest BCUT2D eigenvalue weighted by molar-refractivity contribution is 7.40. The van der Waals surface area contributed by atoms with E-state index in [-0.39, 0.29) is 5.16 Å². The van der Waals surface area contributed by atoms with Crippen LogP contribution in [0.25, 0.3) is 0 Å². The molecule has 0 aliphatic rings. The van der Waals surface area contributed by atoms with Gasteiger partial charge in [0.2, 0.25) is 0 Å². The van der Waals surface area contributed by atoms with E-state index in [0.717, 1.165) is 6.35 Å². The minimum atomic E-state index is -0.167. The Hall–Kier alpha value is -1.95. The molecule has 2 heteroatoms. The van der Waals surface area contributed by atoms with Crippen LogP contribution in [-0.4, -0.2) is 13.5 Å². The third-order valence-corrected chi connectivity index (χ3v) is 5.93. The fraction of sp³-hybridized carbons (Fsp3) is 0.143. The van der Waals surface area contributed by atoms with E-state index in [0.29, 0.717) is 8.58 Å². The van der Waals surface area contributed by atoms with Gasteiger partial charge in [-0.3, -0.25) is 0 Å². The van der Waals surface area contributed by atoms with Crippen LogP contribution in [0.2, 0.25) is 0 Å². The molecule has 1 atom stereocenters. The largest absolute Gasteiger partial charge is 0.380 e. The molecular weight excluding hydrogens is 299 g/mol. The fourth-order valence-electron chi connectivity index (χ4n) is 3.05. The van der Waals surface area contributed by atoms with Crippen molar-refractivity contribution in [3.63, 3.8) is 0 Å². The molecule has 0 aliphatic heterocycles. The number of ether oxygens (including phenoxy) is 1. The molecule has 116 valence electrons. The third-order valence-electron chi connectivity index (χ3n) is 4.10. The van der Waals surface area contributed by atoms with Crippen molar-refractivity contribution in [2.75, 3.05) is 13.5 Å². The number of hydrogen-bond acceptors (Lipinski definition) is 1. The van der Waals surface area contributed by atoms with Gasteiger partial charge >= 0.3 is 0 Å². The molecule has 1 unspecified atom stereocenters. The highest BCUT2D eigenvalue weighted by atomic mass is 31.1. The van der Waals surface area contributed by atoms with Gasteiger partial charge < -0.3 is 4.74 Å². The standard InChI is InChI=1S/C21H21OP/c1-22-17-23-21(18-11-5-2-6-12-18,19-13-7-3-8-14-19)20-15-9-4-10-16-20/h2-16,23H,17H2,1H3. The second-order valence-electron chi connectivity index (χ2n) is 5.46. The second kappa shape index (κ2) is 7.55.